The summed E-state index contributed by atoms with van der Waals surface area (Å²) in [7, 11) is 0. The third-order valence-corrected chi connectivity index (χ3v) is 3.76. The first-order valence-electron chi connectivity index (χ1n) is 7.30. The number of benzene rings is 1. The van der Waals surface area contributed by atoms with E-state index in [0.29, 0.717) is 5.69 Å². The third kappa shape index (κ3) is 4.58. The van der Waals surface area contributed by atoms with Crippen LogP contribution in [0.3, 0.4) is 0 Å². The van der Waals surface area contributed by atoms with Crippen molar-refractivity contribution in [2.24, 2.45) is 11.1 Å². The molecule has 1 aromatic carbocycles. The number of ether oxygens (including phenoxy) is 1. The van der Waals surface area contributed by atoms with Gasteiger partial charge >= 0.3 is 0 Å². The largest absolute Gasteiger partial charge is 0.487 e. The monoisotopic (exact) mass is 330 g/mol. The van der Waals surface area contributed by atoms with Gasteiger partial charge in [0.1, 0.15) is 0 Å². The van der Waals surface area contributed by atoms with Crippen LogP contribution in [0.15, 0.2) is 18.2 Å². The van der Waals surface area contributed by atoms with Crippen LogP contribution < -0.4 is 15.8 Å². The van der Waals surface area contributed by atoms with Gasteiger partial charge in [-0.1, -0.05) is 20.8 Å². The fourth-order valence-electron chi connectivity index (χ4n) is 1.96. The number of carbonyl (C=O) groups excluding carboxylic acids is 1. The maximum Gasteiger partial charge on any atom is 0.241 e. The molecule has 1 saturated carbocycles. The molecule has 0 radical (unpaired) electrons. The average molecular weight is 331 g/mol. The van der Waals surface area contributed by atoms with Crippen LogP contribution in [0.25, 0.3) is 0 Å². The molecule has 3 N–H and O–H groups in total. The van der Waals surface area contributed by atoms with Gasteiger partial charge in [0, 0.05) is 11.8 Å². The second kappa shape index (κ2) is 7.29. The molecule has 1 fully saturated rings. The molecule has 0 bridgehead atoms. The zero-order chi connectivity index (χ0) is 15.6. The lowest BCUT2D eigenvalue weighted by atomic mass is 9.87. The molecule has 6 heteroatoms. The van der Waals surface area contributed by atoms with Gasteiger partial charge in [0.15, 0.2) is 11.6 Å². The number of carbonyl (C=O) groups is 1. The molecule has 22 heavy (non-hydrogen) atoms. The third-order valence-electron chi connectivity index (χ3n) is 3.76. The van der Waals surface area contributed by atoms with E-state index in [2.05, 4.69) is 5.32 Å². The molecule has 0 aliphatic heterocycles. The van der Waals surface area contributed by atoms with Crippen LogP contribution in [0, 0.1) is 11.2 Å². The van der Waals surface area contributed by atoms with Gasteiger partial charge in [-0.05, 0) is 36.8 Å². The van der Waals surface area contributed by atoms with Gasteiger partial charge in [-0.25, -0.2) is 4.39 Å². The van der Waals surface area contributed by atoms with Crippen LogP contribution in [0.1, 0.15) is 40.0 Å². The van der Waals surface area contributed by atoms with Crippen molar-refractivity contribution in [1.82, 2.24) is 0 Å². The Morgan fingerprint density at radius 3 is 2.50 bits per heavy atom. The van der Waals surface area contributed by atoms with Crippen LogP contribution in [-0.4, -0.2) is 18.1 Å². The molecule has 0 heterocycles. The maximum atomic E-state index is 13.9. The molecular formula is C16H24ClFN2O2. The number of nitrogens with one attached hydrogen (secondary N) is 1. The summed E-state index contributed by atoms with van der Waals surface area (Å²) in [6, 6.07) is 3.78. The fourth-order valence-corrected chi connectivity index (χ4v) is 1.96. The Morgan fingerprint density at radius 1 is 1.41 bits per heavy atom. The summed E-state index contributed by atoms with van der Waals surface area (Å²) in [4.78, 5) is 12.0. The number of hydrogen-bond donors (Lipinski definition) is 2. The lowest BCUT2D eigenvalue weighted by Gasteiger charge is -2.27. The highest BCUT2D eigenvalue weighted by Gasteiger charge is 2.27. The van der Waals surface area contributed by atoms with E-state index >= 15 is 0 Å². The zero-order valence-electron chi connectivity index (χ0n) is 13.2. The van der Waals surface area contributed by atoms with E-state index in [1.165, 1.54) is 6.07 Å². The predicted octanol–water partition coefficient (Wildman–Crippen LogP) is 3.49. The number of nitrogens with two attached hydrogens (primary N) is 1. The van der Waals surface area contributed by atoms with Crippen LogP contribution in [-0.2, 0) is 4.79 Å². The van der Waals surface area contributed by atoms with Crippen LogP contribution in [0.4, 0.5) is 10.1 Å². The van der Waals surface area contributed by atoms with Gasteiger partial charge in [-0.15, -0.1) is 12.4 Å². The normalized spacial score (nSPS) is 16.2. The Hall–Kier alpha value is -1.33. The van der Waals surface area contributed by atoms with Crippen molar-refractivity contribution in [3.05, 3.63) is 24.0 Å². The van der Waals surface area contributed by atoms with Gasteiger partial charge in [0.25, 0.3) is 0 Å². The van der Waals surface area contributed by atoms with E-state index in [9.17, 15) is 9.18 Å². The summed E-state index contributed by atoms with van der Waals surface area (Å²) >= 11 is 0. The molecule has 1 aromatic rings. The van der Waals surface area contributed by atoms with Crippen molar-refractivity contribution in [3.63, 3.8) is 0 Å². The van der Waals surface area contributed by atoms with E-state index in [1.54, 1.807) is 12.1 Å². The van der Waals surface area contributed by atoms with E-state index in [0.717, 1.165) is 19.3 Å². The number of hydrogen-bond acceptors (Lipinski definition) is 3. The van der Waals surface area contributed by atoms with Gasteiger partial charge < -0.3 is 15.8 Å². The minimum Gasteiger partial charge on any atom is -0.487 e. The lowest BCUT2D eigenvalue weighted by Crippen LogP contribution is -2.45. The highest BCUT2D eigenvalue weighted by molar-refractivity contribution is 5.95. The van der Waals surface area contributed by atoms with Crippen LogP contribution in [0.5, 0.6) is 5.75 Å². The van der Waals surface area contributed by atoms with Crippen LogP contribution in [0.2, 0.25) is 0 Å². The molecule has 2 rings (SSSR count). The minimum absolute atomic E-state index is 0. The van der Waals surface area contributed by atoms with Gasteiger partial charge in [0.05, 0.1) is 12.1 Å². The van der Waals surface area contributed by atoms with Crippen molar-refractivity contribution in [1.29, 1.82) is 0 Å². The molecule has 1 atom stereocenters. The number of rotatable bonds is 4. The summed E-state index contributed by atoms with van der Waals surface area (Å²) < 4.78 is 19.5. The molecule has 0 saturated heterocycles. The zero-order valence-corrected chi connectivity index (χ0v) is 14.0. The summed E-state index contributed by atoms with van der Waals surface area (Å²) in [6.07, 6.45) is 3.19. The summed E-state index contributed by atoms with van der Waals surface area (Å²) in [5.41, 5.74) is 5.91. The number of halogens is 2. The van der Waals surface area contributed by atoms with E-state index < -0.39 is 11.9 Å². The topological polar surface area (TPSA) is 64.4 Å². The van der Waals surface area contributed by atoms with Crippen LogP contribution >= 0.6 is 12.4 Å². The molecule has 1 aliphatic carbocycles. The van der Waals surface area contributed by atoms with Gasteiger partial charge in [-0.2, -0.15) is 0 Å². The quantitative estimate of drug-likeness (QED) is 0.888. The Balaban J connectivity index is 0.00000242. The van der Waals surface area contributed by atoms with Gasteiger partial charge in [-0.3, -0.25) is 4.79 Å². The Kier molecular flexibility index (Phi) is 6.20. The van der Waals surface area contributed by atoms with E-state index in [1.807, 2.05) is 20.8 Å². The van der Waals surface area contributed by atoms with E-state index in [-0.39, 0.29) is 35.6 Å². The summed E-state index contributed by atoms with van der Waals surface area (Å²) in [5, 5.41) is 2.64. The first-order chi connectivity index (χ1) is 9.77. The first kappa shape index (κ1) is 18.7. The molecule has 1 aliphatic rings. The van der Waals surface area contributed by atoms with Crippen molar-refractivity contribution in [2.75, 3.05) is 5.32 Å². The lowest BCUT2D eigenvalue weighted by molar-refractivity contribution is -0.119. The van der Waals surface area contributed by atoms with Crippen molar-refractivity contribution < 1.29 is 13.9 Å². The smallest absolute Gasteiger partial charge is 0.241 e. The minimum atomic E-state index is -0.661. The highest BCUT2D eigenvalue weighted by atomic mass is 35.5. The Labute approximate surface area is 137 Å². The Morgan fingerprint density at radius 2 is 2.05 bits per heavy atom. The molecule has 4 nitrogen and oxygen atoms in total. The van der Waals surface area contributed by atoms with Crippen molar-refractivity contribution in [3.8, 4) is 5.75 Å². The molecule has 0 unspecified atom stereocenters. The van der Waals surface area contributed by atoms with Gasteiger partial charge in [0.2, 0.25) is 5.91 Å². The molecule has 0 spiro atoms. The summed E-state index contributed by atoms with van der Waals surface area (Å²) in [5.74, 6) is -0.559. The molecule has 1 amide bonds. The van der Waals surface area contributed by atoms with Crippen molar-refractivity contribution in [2.45, 2.75) is 52.2 Å². The number of anilines is 1. The SMILES string of the molecule is CC(C)(C)[C@H](N)C(=O)Nc1ccc(OC2CCC2)c(F)c1.Cl. The first-order valence-corrected chi connectivity index (χ1v) is 7.30. The average Bonchev–Trinajstić information content (AvgIpc) is 2.33. The van der Waals surface area contributed by atoms with E-state index in [4.69, 9.17) is 10.5 Å². The molecule has 124 valence electrons. The highest BCUT2D eigenvalue weighted by Crippen LogP contribution is 2.28. The van der Waals surface area contributed by atoms with Crippen molar-refractivity contribution >= 4 is 24.0 Å². The summed E-state index contributed by atoms with van der Waals surface area (Å²) in [6.45, 7) is 5.65. The molecular weight excluding hydrogens is 307 g/mol. The second-order valence-electron chi connectivity index (χ2n) is 6.65. The standard InChI is InChI=1S/C16H23FN2O2.ClH/c1-16(2,3)14(18)15(20)19-10-7-8-13(12(17)9-10)21-11-5-4-6-11;/h7-9,11,14H,4-6,18H2,1-3H3,(H,19,20);1H/t14-;/m1./s1. The predicted molar refractivity (Wildman–Crippen MR) is 88.0 cm³/mol. The maximum absolute atomic E-state index is 13.9. The second-order valence-corrected chi connectivity index (χ2v) is 6.65. The fraction of sp³-hybridized carbons (Fsp3) is 0.562. The number of amides is 1. The molecule has 0 aromatic heterocycles. The Bertz CT molecular complexity index is 527.